The molecule has 3 rings (SSSR count). The lowest BCUT2D eigenvalue weighted by molar-refractivity contribution is -0.144. The topological polar surface area (TPSA) is 66.8 Å². The van der Waals surface area contributed by atoms with Crippen LogP contribution in [0.3, 0.4) is 0 Å². The molecule has 1 atom stereocenters. The molecule has 1 N–H and O–H groups in total. The van der Waals surface area contributed by atoms with Gasteiger partial charge in [-0.05, 0) is 48.4 Å². The van der Waals surface area contributed by atoms with Crippen molar-refractivity contribution in [2.45, 2.75) is 13.0 Å². The summed E-state index contributed by atoms with van der Waals surface area (Å²) in [4.78, 5) is 24.5. The summed E-state index contributed by atoms with van der Waals surface area (Å²) in [5, 5.41) is 9.00. The summed E-state index contributed by atoms with van der Waals surface area (Å²) in [5.74, 6) is -2.11. The molecule has 124 valence electrons. The van der Waals surface area contributed by atoms with Crippen molar-refractivity contribution in [3.63, 3.8) is 0 Å². The Morgan fingerprint density at radius 2 is 1.83 bits per heavy atom. The van der Waals surface area contributed by atoms with Crippen LogP contribution in [0.25, 0.3) is 0 Å². The first-order chi connectivity index (χ1) is 11.5. The molecule has 1 aliphatic heterocycles. The van der Waals surface area contributed by atoms with Gasteiger partial charge in [-0.15, -0.1) is 0 Å². The molecule has 2 aromatic carbocycles. The third-order valence-electron chi connectivity index (χ3n) is 3.97. The average molecular weight is 329 g/mol. The Labute approximate surface area is 138 Å². The summed E-state index contributed by atoms with van der Waals surface area (Å²) in [7, 11) is 0. The number of anilines is 1. The number of hydrogen-bond acceptors (Lipinski definition) is 3. The number of carbonyl (C=O) groups excluding carboxylic acids is 1. The van der Waals surface area contributed by atoms with E-state index in [-0.39, 0.29) is 11.7 Å². The van der Waals surface area contributed by atoms with Crippen molar-refractivity contribution in [1.29, 1.82) is 0 Å². The fourth-order valence-corrected chi connectivity index (χ4v) is 2.64. The number of rotatable bonds is 5. The lowest BCUT2D eigenvalue weighted by Gasteiger charge is -2.16. The number of carboxylic acid groups (broad SMARTS) is 1. The molecule has 0 radical (unpaired) electrons. The molecule has 5 nitrogen and oxygen atoms in total. The highest BCUT2D eigenvalue weighted by molar-refractivity contribution is 6.07. The van der Waals surface area contributed by atoms with Crippen LogP contribution in [0.5, 0.6) is 5.75 Å². The molecule has 1 heterocycles. The fourth-order valence-electron chi connectivity index (χ4n) is 2.64. The summed E-state index contributed by atoms with van der Waals surface area (Å²) >= 11 is 0. The SMILES string of the molecule is O=C(O)C1CCN(c2ccc(OCc3ccc(F)cc3)cc2)C1=O. The number of hydrogen-bond donors (Lipinski definition) is 1. The van der Waals surface area contributed by atoms with E-state index < -0.39 is 11.9 Å². The number of carboxylic acids is 1. The first-order valence-electron chi connectivity index (χ1n) is 7.56. The molecule has 6 heteroatoms. The fraction of sp³-hybridized carbons (Fsp3) is 0.222. The van der Waals surface area contributed by atoms with Crippen LogP contribution in [0, 0.1) is 11.7 Å². The third kappa shape index (κ3) is 3.37. The summed E-state index contributed by atoms with van der Waals surface area (Å²) in [6, 6.07) is 12.9. The second kappa shape index (κ2) is 6.70. The van der Waals surface area contributed by atoms with Gasteiger partial charge in [-0.25, -0.2) is 4.39 Å². The highest BCUT2D eigenvalue weighted by atomic mass is 19.1. The van der Waals surface area contributed by atoms with Crippen LogP contribution in [-0.4, -0.2) is 23.5 Å². The Hall–Kier alpha value is -2.89. The molecule has 0 spiro atoms. The van der Waals surface area contributed by atoms with Gasteiger partial charge in [0.15, 0.2) is 0 Å². The van der Waals surface area contributed by atoms with E-state index in [4.69, 9.17) is 9.84 Å². The van der Waals surface area contributed by atoms with Gasteiger partial charge in [0.1, 0.15) is 24.1 Å². The van der Waals surface area contributed by atoms with Crippen molar-refractivity contribution in [2.75, 3.05) is 11.4 Å². The summed E-state index contributed by atoms with van der Waals surface area (Å²) in [6.45, 7) is 0.703. The molecular weight excluding hydrogens is 313 g/mol. The van der Waals surface area contributed by atoms with Crippen LogP contribution >= 0.6 is 0 Å². The molecule has 0 bridgehead atoms. The predicted molar refractivity (Wildman–Crippen MR) is 85.3 cm³/mol. The minimum Gasteiger partial charge on any atom is -0.489 e. The van der Waals surface area contributed by atoms with E-state index in [0.29, 0.717) is 31.0 Å². The first-order valence-corrected chi connectivity index (χ1v) is 7.56. The van der Waals surface area contributed by atoms with Crippen LogP contribution in [0.4, 0.5) is 10.1 Å². The van der Waals surface area contributed by atoms with Crippen LogP contribution in [0.2, 0.25) is 0 Å². The van der Waals surface area contributed by atoms with Crippen molar-refractivity contribution in [2.24, 2.45) is 5.92 Å². The van der Waals surface area contributed by atoms with E-state index in [1.165, 1.54) is 17.0 Å². The minimum absolute atomic E-state index is 0.293. The van der Waals surface area contributed by atoms with Crippen LogP contribution in [0.15, 0.2) is 48.5 Å². The van der Waals surface area contributed by atoms with Crippen LogP contribution < -0.4 is 9.64 Å². The smallest absolute Gasteiger partial charge is 0.316 e. The third-order valence-corrected chi connectivity index (χ3v) is 3.97. The van der Waals surface area contributed by atoms with Crippen molar-refractivity contribution in [1.82, 2.24) is 0 Å². The number of carbonyl (C=O) groups is 2. The van der Waals surface area contributed by atoms with Gasteiger partial charge in [0, 0.05) is 12.2 Å². The maximum absolute atomic E-state index is 12.8. The standard InChI is InChI=1S/C18H16FNO4/c19-13-3-1-12(2-4-13)11-24-15-7-5-14(6-8-15)20-10-9-16(17(20)21)18(22)23/h1-8,16H,9-11H2,(H,22,23). The molecule has 1 saturated heterocycles. The molecule has 0 aliphatic carbocycles. The number of ether oxygens (including phenoxy) is 1. The number of amides is 1. The van der Waals surface area contributed by atoms with Crippen molar-refractivity contribution < 1.29 is 23.8 Å². The lowest BCUT2D eigenvalue weighted by Crippen LogP contribution is -2.29. The predicted octanol–water partition coefficient (Wildman–Crippen LogP) is 2.84. The van der Waals surface area contributed by atoms with Crippen molar-refractivity contribution in [3.05, 3.63) is 59.9 Å². The summed E-state index contributed by atoms with van der Waals surface area (Å²) < 4.78 is 18.5. The van der Waals surface area contributed by atoms with Gasteiger partial charge in [0.2, 0.25) is 5.91 Å². The van der Waals surface area contributed by atoms with Gasteiger partial charge in [0.05, 0.1) is 0 Å². The number of benzene rings is 2. The van der Waals surface area contributed by atoms with Crippen molar-refractivity contribution >= 4 is 17.6 Å². The monoisotopic (exact) mass is 329 g/mol. The second-order valence-corrected chi connectivity index (χ2v) is 5.58. The number of aliphatic carboxylic acids is 1. The highest BCUT2D eigenvalue weighted by Gasteiger charge is 2.37. The zero-order valence-electron chi connectivity index (χ0n) is 12.8. The Balaban J connectivity index is 1.62. The van der Waals surface area contributed by atoms with E-state index in [1.807, 2.05) is 0 Å². The van der Waals surface area contributed by atoms with Gasteiger partial charge in [-0.3, -0.25) is 9.59 Å². The molecule has 1 aliphatic rings. The van der Waals surface area contributed by atoms with E-state index >= 15 is 0 Å². The quantitative estimate of drug-likeness (QED) is 0.857. The number of halogens is 1. The zero-order valence-corrected chi connectivity index (χ0v) is 12.8. The average Bonchev–Trinajstić information content (AvgIpc) is 2.97. The van der Waals surface area contributed by atoms with Gasteiger partial charge < -0.3 is 14.7 Å². The van der Waals surface area contributed by atoms with E-state index in [0.717, 1.165) is 5.56 Å². The Morgan fingerprint density at radius 3 is 2.42 bits per heavy atom. The zero-order chi connectivity index (χ0) is 17.1. The van der Waals surface area contributed by atoms with E-state index in [1.54, 1.807) is 36.4 Å². The maximum atomic E-state index is 12.8. The normalized spacial score (nSPS) is 17.1. The summed E-state index contributed by atoms with van der Waals surface area (Å²) in [5.41, 5.74) is 1.50. The molecule has 0 aromatic heterocycles. The van der Waals surface area contributed by atoms with Gasteiger partial charge in [-0.2, -0.15) is 0 Å². The molecule has 1 unspecified atom stereocenters. The maximum Gasteiger partial charge on any atom is 0.316 e. The molecule has 2 aromatic rings. The molecule has 0 saturated carbocycles. The van der Waals surface area contributed by atoms with Crippen LogP contribution in [0.1, 0.15) is 12.0 Å². The van der Waals surface area contributed by atoms with Gasteiger partial charge >= 0.3 is 5.97 Å². The number of nitrogens with zero attached hydrogens (tertiary/aromatic N) is 1. The minimum atomic E-state index is -1.08. The lowest BCUT2D eigenvalue weighted by atomic mass is 10.1. The Bertz CT molecular complexity index is 743. The summed E-state index contributed by atoms with van der Waals surface area (Å²) in [6.07, 6.45) is 0.316. The second-order valence-electron chi connectivity index (χ2n) is 5.58. The van der Waals surface area contributed by atoms with Crippen LogP contribution in [-0.2, 0) is 16.2 Å². The Morgan fingerprint density at radius 1 is 1.17 bits per heavy atom. The highest BCUT2D eigenvalue weighted by Crippen LogP contribution is 2.27. The first kappa shape index (κ1) is 16.0. The van der Waals surface area contributed by atoms with Crippen molar-refractivity contribution in [3.8, 4) is 5.75 Å². The Kier molecular flexibility index (Phi) is 4.46. The van der Waals surface area contributed by atoms with E-state index in [2.05, 4.69) is 0 Å². The molecular formula is C18H16FNO4. The van der Waals surface area contributed by atoms with E-state index in [9.17, 15) is 14.0 Å². The van der Waals surface area contributed by atoms with Gasteiger partial charge in [0.25, 0.3) is 0 Å². The molecule has 24 heavy (non-hydrogen) atoms. The van der Waals surface area contributed by atoms with Gasteiger partial charge in [-0.1, -0.05) is 12.1 Å². The molecule has 1 fully saturated rings. The molecule has 1 amide bonds. The largest absolute Gasteiger partial charge is 0.489 e.